The first kappa shape index (κ1) is 38.5. The van der Waals surface area contributed by atoms with Crippen LogP contribution in [0.3, 0.4) is 0 Å². The van der Waals surface area contributed by atoms with Crippen molar-refractivity contribution >= 4 is 57.1 Å². The Balaban J connectivity index is 1.14. The van der Waals surface area contributed by atoms with Crippen LogP contribution in [0, 0.1) is 0 Å². The van der Waals surface area contributed by atoms with Crippen LogP contribution < -0.4 is 20.1 Å². The minimum atomic E-state index is -3.96. The number of benzene rings is 2. The van der Waals surface area contributed by atoms with Crippen molar-refractivity contribution in [3.8, 4) is 0 Å². The van der Waals surface area contributed by atoms with Gasteiger partial charge in [-0.3, -0.25) is 19.9 Å². The normalized spacial score (nSPS) is 18.4. The molecule has 1 fully saturated rings. The summed E-state index contributed by atoms with van der Waals surface area (Å²) in [6.45, 7) is 3.79. The second-order valence-corrected chi connectivity index (χ2v) is 15.5. The molecule has 0 bridgehead atoms. The Morgan fingerprint density at radius 1 is 1.14 bits per heavy atom. The van der Waals surface area contributed by atoms with Crippen molar-refractivity contribution in [2.45, 2.75) is 93.0 Å². The van der Waals surface area contributed by atoms with Gasteiger partial charge in [0.1, 0.15) is 17.0 Å². The maximum absolute atomic E-state index is 13.3. The minimum absolute atomic E-state index is 0.0109. The van der Waals surface area contributed by atoms with Gasteiger partial charge in [0.25, 0.3) is 0 Å². The number of amides is 1. The van der Waals surface area contributed by atoms with E-state index in [4.69, 9.17) is 16.3 Å². The lowest BCUT2D eigenvalue weighted by Gasteiger charge is -2.28. The number of pyridine rings is 1. The van der Waals surface area contributed by atoms with Crippen molar-refractivity contribution < 1.29 is 32.6 Å². The number of anilines is 1. The van der Waals surface area contributed by atoms with Gasteiger partial charge in [-0.1, -0.05) is 48.0 Å². The number of carboxylic acids is 1. The fraction of sp³-hybridized carbons (Fsp3) is 0.429. The molecule has 16 heteroatoms. The van der Waals surface area contributed by atoms with E-state index in [1.165, 1.54) is 22.4 Å². The molecule has 2 aromatic carbocycles. The summed E-state index contributed by atoms with van der Waals surface area (Å²) in [7, 11) is -3.96. The third-order valence-corrected chi connectivity index (χ3v) is 11.6. The molecule has 2 aliphatic rings. The van der Waals surface area contributed by atoms with Crippen LogP contribution in [0.1, 0.15) is 56.4 Å². The molecule has 2 unspecified atom stereocenters. The third-order valence-electron chi connectivity index (χ3n) is 8.78. The Hall–Kier alpha value is -3.73. The second kappa shape index (κ2) is 17.7. The number of hydrogen-bond donors (Lipinski definition) is 5. The topological polar surface area (TPSA) is 179 Å². The number of aliphatic carboxylic acids is 1. The van der Waals surface area contributed by atoms with Gasteiger partial charge in [0, 0.05) is 29.9 Å². The number of sulfonamides is 1. The summed E-state index contributed by atoms with van der Waals surface area (Å²) >= 11 is 7.85. The van der Waals surface area contributed by atoms with Gasteiger partial charge in [-0.15, -0.1) is 0 Å². The molecule has 2 aliphatic heterocycles. The van der Waals surface area contributed by atoms with Gasteiger partial charge in [0.2, 0.25) is 15.9 Å². The molecule has 3 aromatic rings. The number of esters is 1. The van der Waals surface area contributed by atoms with Crippen LogP contribution in [-0.4, -0.2) is 78.7 Å². The average molecular weight is 759 g/mol. The molecular formula is C35H43ClN6O7S2. The standard InChI is InChI=1S/C35H43ClN6O7S2/c1-3-49-35(46)27(39-22(2)33(43)42-17-7-10-29(42)34(44)45)15-14-25-13-11-24(20-37-25)21-38-51(47,48)31-19-30-28(18-26(31)36)40-32(41-50-30)16-12-23-8-5-4-6-9-23/h4-6,8-9,11,13,18-20,22,27,29,32,38-41H,3,7,10,12,14-17,21H2,1-2H3,(H,44,45)/t22?,27?,29-,32-/m0/s1. The van der Waals surface area contributed by atoms with E-state index < -0.39 is 40.1 Å². The molecule has 0 aliphatic carbocycles. The van der Waals surface area contributed by atoms with Gasteiger partial charge in [0.05, 0.1) is 29.5 Å². The number of hydrogen-bond acceptors (Lipinski definition) is 11. The fourth-order valence-corrected chi connectivity index (χ4v) is 8.55. The van der Waals surface area contributed by atoms with E-state index in [-0.39, 0.29) is 41.6 Å². The molecule has 4 atom stereocenters. The Morgan fingerprint density at radius 2 is 1.92 bits per heavy atom. The van der Waals surface area contributed by atoms with Crippen molar-refractivity contribution in [2.75, 3.05) is 18.5 Å². The molecule has 51 heavy (non-hydrogen) atoms. The monoisotopic (exact) mass is 758 g/mol. The van der Waals surface area contributed by atoms with Gasteiger partial charge < -0.3 is 20.1 Å². The van der Waals surface area contributed by atoms with Gasteiger partial charge >= 0.3 is 11.9 Å². The summed E-state index contributed by atoms with van der Waals surface area (Å²) in [6, 6.07) is 14.4. The summed E-state index contributed by atoms with van der Waals surface area (Å²) in [5.74, 6) is -1.95. The lowest BCUT2D eigenvalue weighted by Crippen LogP contribution is -2.53. The third kappa shape index (κ3) is 10.2. The largest absolute Gasteiger partial charge is 0.480 e. The molecule has 0 spiro atoms. The number of rotatable bonds is 16. The zero-order valence-corrected chi connectivity index (χ0v) is 30.8. The maximum atomic E-state index is 13.3. The molecule has 5 N–H and O–H groups in total. The highest BCUT2D eigenvalue weighted by molar-refractivity contribution is 7.97. The van der Waals surface area contributed by atoms with Gasteiger partial charge in [-0.25, -0.2) is 22.7 Å². The Kier molecular flexibility index (Phi) is 13.3. The van der Waals surface area contributed by atoms with E-state index in [9.17, 15) is 27.9 Å². The highest BCUT2D eigenvalue weighted by Crippen LogP contribution is 2.37. The minimum Gasteiger partial charge on any atom is -0.480 e. The number of carbonyl (C=O) groups is 3. The second-order valence-electron chi connectivity index (χ2n) is 12.5. The molecule has 1 amide bonds. The van der Waals surface area contributed by atoms with Crippen LogP contribution in [0.5, 0.6) is 0 Å². The van der Waals surface area contributed by atoms with E-state index in [0.717, 1.165) is 23.4 Å². The summed E-state index contributed by atoms with van der Waals surface area (Å²) < 4.78 is 37.8. The first-order valence-electron chi connectivity index (χ1n) is 16.9. The molecule has 5 rings (SSSR count). The summed E-state index contributed by atoms with van der Waals surface area (Å²) in [6.07, 6.45) is 4.89. The predicted octanol–water partition coefficient (Wildman–Crippen LogP) is 4.11. The highest BCUT2D eigenvalue weighted by Gasteiger charge is 2.37. The smallest absolute Gasteiger partial charge is 0.326 e. The summed E-state index contributed by atoms with van der Waals surface area (Å²) in [4.78, 5) is 43.8. The number of ether oxygens (including phenoxy) is 1. The van der Waals surface area contributed by atoms with Crippen LogP contribution in [0.4, 0.5) is 5.69 Å². The number of nitrogens with zero attached hydrogens (tertiary/aromatic N) is 2. The zero-order valence-electron chi connectivity index (χ0n) is 28.4. The molecule has 1 aromatic heterocycles. The molecular weight excluding hydrogens is 716 g/mol. The lowest BCUT2D eigenvalue weighted by atomic mass is 10.1. The number of likely N-dealkylation sites (tertiary alicyclic amines) is 1. The maximum Gasteiger partial charge on any atom is 0.326 e. The van der Waals surface area contributed by atoms with Crippen molar-refractivity contribution in [1.29, 1.82) is 0 Å². The number of halogens is 1. The number of aryl methyl sites for hydroxylation is 2. The SMILES string of the molecule is CCOC(=O)C(CCc1ccc(CNS(=O)(=O)c2cc3c(cc2Cl)N[C@H](CCc2ccccc2)NS3)cn1)NC(C)C(=O)N1CCC[C@H]1C(=O)O. The highest BCUT2D eigenvalue weighted by atomic mass is 35.5. The quantitative estimate of drug-likeness (QED) is 0.104. The first-order chi connectivity index (χ1) is 24.4. The summed E-state index contributed by atoms with van der Waals surface area (Å²) in [5, 5.41) is 16.0. The number of aromatic nitrogens is 1. The van der Waals surface area contributed by atoms with Crippen LogP contribution in [-0.2, 0) is 48.5 Å². The predicted molar refractivity (Wildman–Crippen MR) is 195 cm³/mol. The molecule has 274 valence electrons. The molecule has 1 saturated heterocycles. The van der Waals surface area contributed by atoms with E-state index in [1.807, 2.05) is 18.2 Å². The van der Waals surface area contributed by atoms with E-state index in [2.05, 4.69) is 37.2 Å². The number of fused-ring (bicyclic) bond motifs is 1. The van der Waals surface area contributed by atoms with Crippen LogP contribution in [0.2, 0.25) is 5.02 Å². The van der Waals surface area contributed by atoms with Crippen LogP contribution >= 0.6 is 23.5 Å². The van der Waals surface area contributed by atoms with Gasteiger partial charge in [0.15, 0.2) is 0 Å². The molecule has 3 heterocycles. The number of carboxylic acid groups (broad SMARTS) is 1. The summed E-state index contributed by atoms with van der Waals surface area (Å²) in [5.41, 5.74) is 3.27. The van der Waals surface area contributed by atoms with Crippen LogP contribution in [0.15, 0.2) is 70.6 Å². The Bertz CT molecular complexity index is 1800. The average Bonchev–Trinajstić information content (AvgIpc) is 3.62. The van der Waals surface area contributed by atoms with Crippen molar-refractivity contribution in [3.05, 3.63) is 82.6 Å². The fourth-order valence-electron chi connectivity index (χ4n) is 6.05. The number of carbonyl (C=O) groups excluding carboxylic acids is 2. The van der Waals surface area contributed by atoms with Crippen molar-refractivity contribution in [2.24, 2.45) is 0 Å². The zero-order chi connectivity index (χ0) is 36.5. The Morgan fingerprint density at radius 3 is 2.63 bits per heavy atom. The van der Waals surface area contributed by atoms with Gasteiger partial charge in [-0.2, -0.15) is 0 Å². The van der Waals surface area contributed by atoms with Gasteiger partial charge in [-0.05, 0) is 93.6 Å². The Labute approximate surface area is 307 Å². The van der Waals surface area contributed by atoms with Crippen molar-refractivity contribution in [3.63, 3.8) is 0 Å². The number of nitrogens with one attached hydrogen (secondary N) is 4. The lowest BCUT2D eigenvalue weighted by molar-refractivity contribution is -0.150. The van der Waals surface area contributed by atoms with Crippen molar-refractivity contribution in [1.82, 2.24) is 24.6 Å². The molecule has 0 radical (unpaired) electrons. The van der Waals surface area contributed by atoms with Crippen LogP contribution in [0.25, 0.3) is 0 Å². The molecule has 13 nitrogen and oxygen atoms in total. The van der Waals surface area contributed by atoms with E-state index in [0.29, 0.717) is 37.1 Å². The van der Waals surface area contributed by atoms with E-state index >= 15 is 0 Å². The van der Waals surface area contributed by atoms with E-state index in [1.54, 1.807) is 44.3 Å². The first-order valence-corrected chi connectivity index (χ1v) is 19.6. The molecule has 0 saturated carbocycles.